The first-order chi connectivity index (χ1) is 6.22. The maximum absolute atomic E-state index is 11.5. The second kappa shape index (κ2) is 4.83. The van der Waals surface area contributed by atoms with Gasteiger partial charge in [0.2, 0.25) is 0 Å². The van der Waals surface area contributed by atoms with Crippen molar-refractivity contribution in [3.63, 3.8) is 0 Å². The zero-order valence-corrected chi connectivity index (χ0v) is 7.30. The number of carbonyl (C=O) groups is 2. The summed E-state index contributed by atoms with van der Waals surface area (Å²) in [5.41, 5.74) is 0. The average Bonchev–Trinajstić information content (AvgIpc) is 1.97. The van der Waals surface area contributed by atoms with Crippen molar-refractivity contribution in [1.82, 2.24) is 0 Å². The first-order valence-corrected chi connectivity index (χ1v) is 3.67. The predicted molar refractivity (Wildman–Crippen MR) is 38.4 cm³/mol. The minimum Gasteiger partial charge on any atom is -0.481 e. The second-order valence-corrected chi connectivity index (χ2v) is 2.72. The number of hydrogen-bond donors (Lipinski definition) is 1. The fourth-order valence-corrected chi connectivity index (χ4v) is 0.640. The lowest BCUT2D eigenvalue weighted by atomic mass is 10.1. The minimum atomic E-state index is -4.58. The molecule has 0 aromatic heterocycles. The predicted octanol–water partition coefficient (Wildman–Crippen LogP) is 1.20. The van der Waals surface area contributed by atoms with Gasteiger partial charge in [0.15, 0.2) is 6.61 Å². The zero-order chi connectivity index (χ0) is 11.4. The molecule has 1 atom stereocenters. The summed E-state index contributed by atoms with van der Waals surface area (Å²) in [6.07, 6.45) is -5.13. The van der Waals surface area contributed by atoms with Crippen LogP contribution in [0.5, 0.6) is 0 Å². The van der Waals surface area contributed by atoms with Crippen molar-refractivity contribution in [3.05, 3.63) is 0 Å². The molecule has 0 bridgehead atoms. The molecule has 0 aromatic rings. The number of halogens is 3. The molecule has 0 amide bonds. The molecule has 0 fully saturated rings. The number of ether oxygens (including phenoxy) is 1. The Balaban J connectivity index is 3.91. The molecule has 0 saturated carbocycles. The largest absolute Gasteiger partial charge is 0.481 e. The molecule has 0 saturated heterocycles. The Morgan fingerprint density at radius 2 is 1.93 bits per heavy atom. The molecule has 14 heavy (non-hydrogen) atoms. The van der Waals surface area contributed by atoms with Crippen LogP contribution in [0.3, 0.4) is 0 Å². The van der Waals surface area contributed by atoms with Crippen LogP contribution in [0.25, 0.3) is 0 Å². The second-order valence-electron chi connectivity index (χ2n) is 2.72. The van der Waals surface area contributed by atoms with Crippen LogP contribution in [0.4, 0.5) is 13.2 Å². The molecule has 0 heterocycles. The molecule has 0 aliphatic rings. The number of carboxylic acids is 1. The Morgan fingerprint density at radius 1 is 1.43 bits per heavy atom. The number of hydrogen-bond acceptors (Lipinski definition) is 3. The van der Waals surface area contributed by atoms with Crippen LogP contribution in [0.2, 0.25) is 0 Å². The Kier molecular flexibility index (Phi) is 4.39. The van der Waals surface area contributed by atoms with Crippen molar-refractivity contribution in [2.75, 3.05) is 6.61 Å². The third-order valence-electron chi connectivity index (χ3n) is 1.26. The summed E-state index contributed by atoms with van der Waals surface area (Å²) >= 11 is 0. The third-order valence-corrected chi connectivity index (χ3v) is 1.26. The van der Waals surface area contributed by atoms with Crippen LogP contribution in [0.15, 0.2) is 0 Å². The molecule has 0 unspecified atom stereocenters. The van der Waals surface area contributed by atoms with Gasteiger partial charge in [-0.15, -0.1) is 0 Å². The summed E-state index contributed by atoms with van der Waals surface area (Å²) in [6.45, 7) is -0.497. The fourth-order valence-electron chi connectivity index (χ4n) is 0.640. The van der Waals surface area contributed by atoms with Crippen molar-refractivity contribution in [2.24, 2.45) is 5.92 Å². The topological polar surface area (TPSA) is 63.6 Å². The van der Waals surface area contributed by atoms with E-state index in [1.54, 1.807) is 0 Å². The van der Waals surface area contributed by atoms with Gasteiger partial charge in [-0.2, -0.15) is 13.2 Å². The van der Waals surface area contributed by atoms with Crippen LogP contribution >= 0.6 is 0 Å². The van der Waals surface area contributed by atoms with Crippen molar-refractivity contribution in [2.45, 2.75) is 19.5 Å². The van der Waals surface area contributed by atoms with Gasteiger partial charge in [-0.05, 0) is 0 Å². The minimum absolute atomic E-state index is 0.545. The molecule has 7 heteroatoms. The summed E-state index contributed by atoms with van der Waals surface area (Å²) < 4.78 is 38.5. The number of rotatable bonds is 4. The van der Waals surface area contributed by atoms with E-state index < -0.39 is 37.1 Å². The number of carboxylic acid groups (broad SMARTS) is 1. The normalized spacial score (nSPS) is 13.4. The highest BCUT2D eigenvalue weighted by Crippen LogP contribution is 2.16. The lowest BCUT2D eigenvalue weighted by Crippen LogP contribution is -2.24. The molecule has 4 nitrogen and oxygen atoms in total. The molecule has 0 aromatic carbocycles. The smallest absolute Gasteiger partial charge is 0.422 e. The summed E-state index contributed by atoms with van der Waals surface area (Å²) in [5, 5.41) is 8.23. The van der Waals surface area contributed by atoms with Gasteiger partial charge in [-0.1, -0.05) is 6.92 Å². The summed E-state index contributed by atoms with van der Waals surface area (Å²) in [4.78, 5) is 20.8. The van der Waals surface area contributed by atoms with Crippen LogP contribution in [0, 0.1) is 5.92 Å². The van der Waals surface area contributed by atoms with Crippen molar-refractivity contribution in [3.8, 4) is 0 Å². The SMILES string of the molecule is C[C@@H](CC(=O)O)C(=O)OCC(F)(F)F. The lowest BCUT2D eigenvalue weighted by Gasteiger charge is -2.10. The molecule has 0 spiro atoms. The highest BCUT2D eigenvalue weighted by Gasteiger charge is 2.30. The van der Waals surface area contributed by atoms with E-state index >= 15 is 0 Å². The van der Waals surface area contributed by atoms with Gasteiger partial charge >= 0.3 is 18.1 Å². The van der Waals surface area contributed by atoms with Crippen molar-refractivity contribution < 1.29 is 32.6 Å². The number of esters is 1. The molecular formula is C7H9F3O4. The van der Waals surface area contributed by atoms with Gasteiger partial charge in [0, 0.05) is 0 Å². The van der Waals surface area contributed by atoms with Crippen LogP contribution in [-0.2, 0) is 14.3 Å². The molecular weight excluding hydrogens is 205 g/mol. The van der Waals surface area contributed by atoms with E-state index in [0.29, 0.717) is 0 Å². The van der Waals surface area contributed by atoms with Gasteiger partial charge in [0.25, 0.3) is 0 Å². The summed E-state index contributed by atoms with van der Waals surface area (Å²) in [6, 6.07) is 0. The van der Waals surface area contributed by atoms with Crippen LogP contribution in [0.1, 0.15) is 13.3 Å². The molecule has 0 aliphatic heterocycles. The zero-order valence-electron chi connectivity index (χ0n) is 7.30. The average molecular weight is 214 g/mol. The van der Waals surface area contributed by atoms with Gasteiger partial charge in [-0.25, -0.2) is 0 Å². The van der Waals surface area contributed by atoms with Crippen LogP contribution < -0.4 is 0 Å². The summed E-state index contributed by atoms with van der Waals surface area (Å²) in [7, 11) is 0. The molecule has 82 valence electrons. The molecule has 0 radical (unpaired) electrons. The Morgan fingerprint density at radius 3 is 2.29 bits per heavy atom. The third kappa shape index (κ3) is 6.27. The van der Waals surface area contributed by atoms with Gasteiger partial charge in [-0.3, -0.25) is 9.59 Å². The highest BCUT2D eigenvalue weighted by molar-refractivity contribution is 5.78. The van der Waals surface area contributed by atoms with Gasteiger partial charge in [0.05, 0.1) is 12.3 Å². The Hall–Kier alpha value is -1.27. The maximum Gasteiger partial charge on any atom is 0.422 e. The maximum atomic E-state index is 11.5. The van der Waals surface area contributed by atoms with E-state index in [4.69, 9.17) is 5.11 Å². The first-order valence-electron chi connectivity index (χ1n) is 3.67. The lowest BCUT2D eigenvalue weighted by molar-refractivity contribution is -0.189. The fraction of sp³-hybridized carbons (Fsp3) is 0.714. The Labute approximate surface area is 77.7 Å². The number of carbonyl (C=O) groups excluding carboxylic acids is 1. The van der Waals surface area contributed by atoms with E-state index in [1.807, 2.05) is 0 Å². The number of alkyl halides is 3. The van der Waals surface area contributed by atoms with Crippen molar-refractivity contribution >= 4 is 11.9 Å². The van der Waals surface area contributed by atoms with Crippen LogP contribution in [-0.4, -0.2) is 29.8 Å². The Bertz CT molecular complexity index is 223. The van der Waals surface area contributed by atoms with Crippen molar-refractivity contribution in [1.29, 1.82) is 0 Å². The molecule has 0 aliphatic carbocycles. The monoisotopic (exact) mass is 214 g/mol. The van der Waals surface area contributed by atoms with E-state index in [-0.39, 0.29) is 0 Å². The van der Waals surface area contributed by atoms with E-state index in [0.717, 1.165) is 0 Å². The quantitative estimate of drug-likeness (QED) is 0.714. The summed E-state index contributed by atoms with van der Waals surface area (Å²) in [5.74, 6) is -3.50. The van der Waals surface area contributed by atoms with E-state index in [9.17, 15) is 22.8 Å². The van der Waals surface area contributed by atoms with E-state index in [2.05, 4.69) is 4.74 Å². The first kappa shape index (κ1) is 12.7. The van der Waals surface area contributed by atoms with Gasteiger partial charge < -0.3 is 9.84 Å². The molecule has 1 N–H and O–H groups in total. The number of aliphatic carboxylic acids is 1. The highest BCUT2D eigenvalue weighted by atomic mass is 19.4. The van der Waals surface area contributed by atoms with Gasteiger partial charge in [0.1, 0.15) is 0 Å². The molecule has 0 rings (SSSR count). The van der Waals surface area contributed by atoms with E-state index in [1.165, 1.54) is 6.92 Å². The standard InChI is InChI=1S/C7H9F3O4/c1-4(2-5(11)12)6(13)14-3-7(8,9)10/h4H,2-3H2,1H3,(H,11,12)/t4-/m0/s1.